The van der Waals surface area contributed by atoms with E-state index in [1.165, 1.54) is 6.26 Å². The van der Waals surface area contributed by atoms with E-state index in [1.807, 2.05) is 14.0 Å². The van der Waals surface area contributed by atoms with Gasteiger partial charge in [0, 0.05) is 24.8 Å². The molecule has 0 saturated heterocycles. The largest absolute Gasteiger partial charge is 0.467 e. The lowest BCUT2D eigenvalue weighted by Gasteiger charge is -2.10. The zero-order valence-corrected chi connectivity index (χ0v) is 11.5. The molecule has 0 aliphatic carbocycles. The monoisotopic (exact) mass is 278 g/mol. The van der Waals surface area contributed by atoms with Crippen molar-refractivity contribution in [3.8, 4) is 0 Å². The first kappa shape index (κ1) is 14.1. The first-order valence-electron chi connectivity index (χ1n) is 6.28. The van der Waals surface area contributed by atoms with Gasteiger partial charge in [0.05, 0.1) is 19.0 Å². The second kappa shape index (κ2) is 6.25. The third-order valence-corrected chi connectivity index (χ3v) is 3.10. The molecular weight excluding hydrogens is 260 g/mol. The van der Waals surface area contributed by atoms with Gasteiger partial charge in [-0.1, -0.05) is 0 Å². The van der Waals surface area contributed by atoms with Crippen molar-refractivity contribution >= 4 is 6.03 Å². The summed E-state index contributed by atoms with van der Waals surface area (Å²) in [6, 6.07) is 2.99. The smallest absolute Gasteiger partial charge is 0.315 e. The second-order valence-corrected chi connectivity index (χ2v) is 4.47. The second-order valence-electron chi connectivity index (χ2n) is 4.47. The van der Waals surface area contributed by atoms with Crippen molar-refractivity contribution < 1.29 is 14.3 Å². The van der Waals surface area contributed by atoms with Crippen LogP contribution in [0.1, 0.15) is 23.1 Å². The number of hydrogen-bond acceptors (Lipinski definition) is 4. The molecule has 2 amide bonds. The van der Waals surface area contributed by atoms with E-state index in [2.05, 4.69) is 15.7 Å². The third kappa shape index (κ3) is 3.39. The molecule has 7 nitrogen and oxygen atoms in total. The number of furan rings is 1. The highest BCUT2D eigenvalue weighted by atomic mass is 16.4. The van der Waals surface area contributed by atoms with Crippen molar-refractivity contribution in [3.05, 3.63) is 41.6 Å². The van der Waals surface area contributed by atoms with Crippen LogP contribution >= 0.6 is 0 Å². The molecule has 1 unspecified atom stereocenters. The van der Waals surface area contributed by atoms with E-state index in [4.69, 9.17) is 4.42 Å². The Morgan fingerprint density at radius 2 is 2.35 bits per heavy atom. The van der Waals surface area contributed by atoms with E-state index in [0.29, 0.717) is 12.3 Å². The van der Waals surface area contributed by atoms with Gasteiger partial charge < -0.3 is 20.2 Å². The van der Waals surface area contributed by atoms with Gasteiger partial charge in [-0.05, 0) is 19.1 Å². The molecule has 0 aliphatic heterocycles. The zero-order chi connectivity index (χ0) is 14.5. The average molecular weight is 278 g/mol. The fourth-order valence-corrected chi connectivity index (χ4v) is 1.73. The number of aliphatic hydroxyl groups is 1. The molecule has 108 valence electrons. The Morgan fingerprint density at radius 1 is 1.55 bits per heavy atom. The van der Waals surface area contributed by atoms with E-state index >= 15 is 0 Å². The fourth-order valence-electron chi connectivity index (χ4n) is 1.73. The van der Waals surface area contributed by atoms with Gasteiger partial charge in [0.25, 0.3) is 0 Å². The van der Waals surface area contributed by atoms with Crippen LogP contribution in [0.3, 0.4) is 0 Å². The van der Waals surface area contributed by atoms with Gasteiger partial charge in [-0.2, -0.15) is 5.10 Å². The predicted octanol–water partition coefficient (Wildman–Crippen LogP) is 0.854. The highest BCUT2D eigenvalue weighted by Gasteiger charge is 2.12. The number of amides is 2. The quantitative estimate of drug-likeness (QED) is 0.756. The molecule has 0 aromatic carbocycles. The molecule has 2 aromatic heterocycles. The molecule has 0 bridgehead atoms. The summed E-state index contributed by atoms with van der Waals surface area (Å²) in [7, 11) is 1.85. The summed E-state index contributed by atoms with van der Waals surface area (Å²) in [5.41, 5.74) is 1.95. The van der Waals surface area contributed by atoms with Gasteiger partial charge in [-0.3, -0.25) is 4.68 Å². The number of nitrogens with one attached hydrogen (secondary N) is 2. The highest BCUT2D eigenvalue weighted by molar-refractivity contribution is 5.73. The van der Waals surface area contributed by atoms with Crippen LogP contribution in [-0.2, 0) is 13.6 Å². The number of carbonyl (C=O) groups is 1. The van der Waals surface area contributed by atoms with E-state index in [9.17, 15) is 9.90 Å². The van der Waals surface area contributed by atoms with E-state index in [-0.39, 0.29) is 12.6 Å². The van der Waals surface area contributed by atoms with Crippen LogP contribution in [0.4, 0.5) is 4.79 Å². The molecule has 2 rings (SSSR count). The molecule has 1 atom stereocenters. The van der Waals surface area contributed by atoms with E-state index in [1.54, 1.807) is 23.0 Å². The SMILES string of the molecule is Cc1c(CNC(=O)NCC(O)c2ccco2)cnn1C. The maximum Gasteiger partial charge on any atom is 0.315 e. The molecule has 0 fully saturated rings. The van der Waals surface area contributed by atoms with Crippen LogP contribution in [0, 0.1) is 6.92 Å². The van der Waals surface area contributed by atoms with Crippen LogP contribution in [0.5, 0.6) is 0 Å². The normalized spacial score (nSPS) is 12.2. The van der Waals surface area contributed by atoms with Crippen LogP contribution in [0.25, 0.3) is 0 Å². The van der Waals surface area contributed by atoms with Gasteiger partial charge in [-0.15, -0.1) is 0 Å². The molecule has 0 saturated carbocycles. The maximum atomic E-state index is 11.6. The van der Waals surface area contributed by atoms with Crippen molar-refractivity contribution in [2.75, 3.05) is 6.54 Å². The van der Waals surface area contributed by atoms with Crippen molar-refractivity contribution in [2.24, 2.45) is 7.05 Å². The molecule has 2 aromatic rings. The number of nitrogens with zero attached hydrogens (tertiary/aromatic N) is 2. The average Bonchev–Trinajstić information content (AvgIpc) is 3.06. The Balaban J connectivity index is 1.74. The van der Waals surface area contributed by atoms with Gasteiger partial charge in [0.2, 0.25) is 0 Å². The Hall–Kier alpha value is -2.28. The van der Waals surface area contributed by atoms with E-state index in [0.717, 1.165) is 11.3 Å². The lowest BCUT2D eigenvalue weighted by atomic mass is 10.2. The number of aliphatic hydroxyl groups excluding tert-OH is 1. The van der Waals surface area contributed by atoms with Crippen LogP contribution in [-0.4, -0.2) is 27.5 Å². The van der Waals surface area contributed by atoms with E-state index < -0.39 is 6.10 Å². The first-order valence-corrected chi connectivity index (χ1v) is 6.28. The zero-order valence-electron chi connectivity index (χ0n) is 11.5. The van der Waals surface area contributed by atoms with Gasteiger partial charge >= 0.3 is 6.03 Å². The summed E-state index contributed by atoms with van der Waals surface area (Å²) in [5, 5.41) is 19.1. The molecule has 20 heavy (non-hydrogen) atoms. The van der Waals surface area contributed by atoms with Crippen molar-refractivity contribution in [3.63, 3.8) is 0 Å². The van der Waals surface area contributed by atoms with Gasteiger partial charge in [-0.25, -0.2) is 4.79 Å². The lowest BCUT2D eigenvalue weighted by molar-refractivity contribution is 0.148. The van der Waals surface area contributed by atoms with Crippen molar-refractivity contribution in [1.29, 1.82) is 0 Å². The Labute approximate surface area is 116 Å². The maximum absolute atomic E-state index is 11.6. The van der Waals surface area contributed by atoms with Crippen molar-refractivity contribution in [1.82, 2.24) is 20.4 Å². The van der Waals surface area contributed by atoms with Crippen LogP contribution in [0.2, 0.25) is 0 Å². The lowest BCUT2D eigenvalue weighted by Crippen LogP contribution is -2.37. The van der Waals surface area contributed by atoms with Crippen LogP contribution < -0.4 is 10.6 Å². The fraction of sp³-hybridized carbons (Fsp3) is 0.385. The Morgan fingerprint density at radius 3 is 2.95 bits per heavy atom. The minimum absolute atomic E-state index is 0.0887. The Bertz CT molecular complexity index is 562. The summed E-state index contributed by atoms with van der Waals surface area (Å²) < 4.78 is 6.79. The first-order chi connectivity index (χ1) is 9.58. The number of aromatic nitrogens is 2. The number of rotatable bonds is 5. The van der Waals surface area contributed by atoms with Gasteiger partial charge in [0.15, 0.2) is 0 Å². The van der Waals surface area contributed by atoms with Crippen LogP contribution in [0.15, 0.2) is 29.0 Å². The summed E-state index contributed by atoms with van der Waals surface area (Å²) in [6.45, 7) is 2.41. The summed E-state index contributed by atoms with van der Waals surface area (Å²) in [5.74, 6) is 0.424. The molecule has 0 aliphatic rings. The summed E-state index contributed by atoms with van der Waals surface area (Å²) in [4.78, 5) is 11.6. The molecule has 0 radical (unpaired) electrons. The number of aryl methyl sites for hydroxylation is 1. The van der Waals surface area contributed by atoms with Gasteiger partial charge in [0.1, 0.15) is 11.9 Å². The standard InChI is InChI=1S/C13H18N4O3/c1-9-10(7-16-17(9)2)6-14-13(19)15-8-11(18)12-4-3-5-20-12/h3-5,7,11,18H,6,8H2,1-2H3,(H2,14,15,19). The minimum Gasteiger partial charge on any atom is -0.467 e. The molecule has 7 heteroatoms. The summed E-state index contributed by atoms with van der Waals surface area (Å²) >= 11 is 0. The highest BCUT2D eigenvalue weighted by Crippen LogP contribution is 2.11. The predicted molar refractivity (Wildman–Crippen MR) is 71.9 cm³/mol. The number of carbonyl (C=O) groups excluding carboxylic acids is 1. The minimum atomic E-state index is -0.851. The summed E-state index contributed by atoms with van der Waals surface area (Å²) in [6.07, 6.45) is 2.34. The molecule has 0 spiro atoms. The van der Waals surface area contributed by atoms with Crippen molar-refractivity contribution in [2.45, 2.75) is 19.6 Å². The Kier molecular flexibility index (Phi) is 4.41. The number of hydrogen-bond donors (Lipinski definition) is 3. The topological polar surface area (TPSA) is 92.3 Å². The third-order valence-electron chi connectivity index (χ3n) is 3.10. The molecular formula is C13H18N4O3. The molecule has 2 heterocycles. The molecule has 3 N–H and O–H groups in total. The number of urea groups is 1.